The molecule has 0 unspecified atom stereocenters. The first-order valence-corrected chi connectivity index (χ1v) is 4.85. The number of aromatic nitrogens is 2. The Bertz CT molecular complexity index is 507. The highest BCUT2D eigenvalue weighted by molar-refractivity contribution is 9.10. The molecule has 0 saturated carbocycles. The summed E-state index contributed by atoms with van der Waals surface area (Å²) in [5.41, 5.74) is 1.55. The Morgan fingerprint density at radius 3 is 2.86 bits per heavy atom. The Morgan fingerprint density at radius 2 is 2.14 bits per heavy atom. The zero-order valence-corrected chi connectivity index (χ0v) is 8.78. The lowest BCUT2D eigenvalue weighted by molar-refractivity contribution is 1.22. The minimum absolute atomic E-state index is 0.109. The Morgan fingerprint density at radius 1 is 1.29 bits per heavy atom. The van der Waals surface area contributed by atoms with Crippen molar-refractivity contribution in [2.45, 2.75) is 0 Å². The normalized spacial score (nSPS) is 10.1. The second-order valence-corrected chi connectivity index (χ2v) is 3.74. The minimum Gasteiger partial charge on any atom is -0.322 e. The summed E-state index contributed by atoms with van der Waals surface area (Å²) in [5.74, 6) is 0. The van der Waals surface area contributed by atoms with Crippen LogP contribution in [0.1, 0.15) is 0 Å². The van der Waals surface area contributed by atoms with E-state index in [1.807, 2.05) is 12.1 Å². The molecule has 14 heavy (non-hydrogen) atoms. The average molecular weight is 251 g/mol. The fraction of sp³-hybridized carbons (Fsp3) is 0. The van der Waals surface area contributed by atoms with Crippen LogP contribution in [0.5, 0.6) is 0 Å². The van der Waals surface area contributed by atoms with Crippen LogP contribution < -0.4 is 5.56 Å². The number of halogens is 1. The highest BCUT2D eigenvalue weighted by Crippen LogP contribution is 2.18. The summed E-state index contributed by atoms with van der Waals surface area (Å²) in [6.07, 6.45) is 3.40. The van der Waals surface area contributed by atoms with Gasteiger partial charge in [-0.05, 0) is 28.1 Å². The fourth-order valence-electron chi connectivity index (χ4n) is 1.18. The molecular formula is C10H7BrN2O. The number of nitrogens with one attached hydrogen (secondary N) is 1. The maximum atomic E-state index is 11.1. The fourth-order valence-corrected chi connectivity index (χ4v) is 1.54. The number of nitrogens with zero attached hydrogens (tertiary/aromatic N) is 1. The summed E-state index contributed by atoms with van der Waals surface area (Å²) in [6.45, 7) is 0. The van der Waals surface area contributed by atoms with Crippen molar-refractivity contribution in [3.63, 3.8) is 0 Å². The Labute approximate surface area is 89.0 Å². The van der Waals surface area contributed by atoms with Crippen molar-refractivity contribution in [1.29, 1.82) is 0 Å². The van der Waals surface area contributed by atoms with E-state index in [0.29, 0.717) is 0 Å². The quantitative estimate of drug-likeness (QED) is 0.844. The van der Waals surface area contributed by atoms with Gasteiger partial charge in [-0.1, -0.05) is 6.07 Å². The molecule has 70 valence electrons. The molecule has 0 atom stereocenters. The molecule has 0 amide bonds. The monoisotopic (exact) mass is 250 g/mol. The Hall–Kier alpha value is -1.42. The standard InChI is InChI=1S/C10H7BrN2O/c11-8-4-7(5-12-6-8)9-2-1-3-10(14)13-9/h1-6H,(H,13,14). The molecule has 0 aromatic carbocycles. The highest BCUT2D eigenvalue weighted by Gasteiger charge is 1.98. The number of hydrogen-bond donors (Lipinski definition) is 1. The molecule has 0 aliphatic carbocycles. The molecule has 0 bridgehead atoms. The van der Waals surface area contributed by atoms with Crippen molar-refractivity contribution in [3.8, 4) is 11.3 Å². The molecule has 2 rings (SSSR count). The van der Waals surface area contributed by atoms with Crippen molar-refractivity contribution in [3.05, 3.63) is 51.5 Å². The molecule has 2 aromatic rings. The molecule has 0 aliphatic heterocycles. The van der Waals surface area contributed by atoms with E-state index in [1.54, 1.807) is 18.5 Å². The van der Waals surface area contributed by atoms with Crippen LogP contribution in [0, 0.1) is 0 Å². The van der Waals surface area contributed by atoms with E-state index in [1.165, 1.54) is 6.07 Å². The van der Waals surface area contributed by atoms with Gasteiger partial charge in [-0.15, -0.1) is 0 Å². The highest BCUT2D eigenvalue weighted by atomic mass is 79.9. The van der Waals surface area contributed by atoms with Crippen molar-refractivity contribution in [2.24, 2.45) is 0 Å². The van der Waals surface area contributed by atoms with Gasteiger partial charge in [0.1, 0.15) is 0 Å². The molecular weight excluding hydrogens is 244 g/mol. The largest absolute Gasteiger partial charge is 0.322 e. The number of rotatable bonds is 1. The second kappa shape index (κ2) is 3.75. The molecule has 0 radical (unpaired) electrons. The lowest BCUT2D eigenvalue weighted by atomic mass is 10.2. The zero-order valence-electron chi connectivity index (χ0n) is 7.20. The van der Waals surface area contributed by atoms with Gasteiger partial charge in [-0.25, -0.2) is 0 Å². The Kier molecular flexibility index (Phi) is 2.45. The smallest absolute Gasteiger partial charge is 0.248 e. The van der Waals surface area contributed by atoms with E-state index in [0.717, 1.165) is 15.7 Å². The molecule has 1 N–H and O–H groups in total. The van der Waals surface area contributed by atoms with E-state index in [2.05, 4.69) is 25.9 Å². The summed E-state index contributed by atoms with van der Waals surface area (Å²) in [4.78, 5) is 17.8. The van der Waals surface area contributed by atoms with Gasteiger partial charge in [0.15, 0.2) is 0 Å². The predicted molar refractivity (Wildman–Crippen MR) is 58.0 cm³/mol. The predicted octanol–water partition coefficient (Wildman–Crippen LogP) is 2.20. The van der Waals surface area contributed by atoms with Crippen LogP contribution in [-0.4, -0.2) is 9.97 Å². The first-order valence-electron chi connectivity index (χ1n) is 4.06. The van der Waals surface area contributed by atoms with Gasteiger partial charge in [0.05, 0.1) is 0 Å². The molecule has 0 spiro atoms. The van der Waals surface area contributed by atoms with Crippen molar-refractivity contribution in [1.82, 2.24) is 9.97 Å². The second-order valence-electron chi connectivity index (χ2n) is 2.82. The Balaban J connectivity index is 2.55. The molecule has 2 aromatic heterocycles. The number of H-pyrrole nitrogens is 1. The third kappa shape index (κ3) is 1.90. The van der Waals surface area contributed by atoms with Gasteiger partial charge >= 0.3 is 0 Å². The summed E-state index contributed by atoms with van der Waals surface area (Å²) in [7, 11) is 0. The topological polar surface area (TPSA) is 45.8 Å². The maximum Gasteiger partial charge on any atom is 0.248 e. The van der Waals surface area contributed by atoms with Crippen LogP contribution in [0.25, 0.3) is 11.3 Å². The number of pyridine rings is 2. The van der Waals surface area contributed by atoms with E-state index in [-0.39, 0.29) is 5.56 Å². The van der Waals surface area contributed by atoms with Crippen LogP contribution in [0.3, 0.4) is 0 Å². The first kappa shape index (κ1) is 9.15. The third-order valence-electron chi connectivity index (χ3n) is 1.78. The van der Waals surface area contributed by atoms with E-state index in [9.17, 15) is 4.79 Å². The average Bonchev–Trinajstić information content (AvgIpc) is 2.18. The minimum atomic E-state index is -0.109. The van der Waals surface area contributed by atoms with Gasteiger partial charge < -0.3 is 4.98 Å². The van der Waals surface area contributed by atoms with Gasteiger partial charge in [-0.3, -0.25) is 9.78 Å². The van der Waals surface area contributed by atoms with Gasteiger partial charge in [0.25, 0.3) is 0 Å². The van der Waals surface area contributed by atoms with Crippen LogP contribution >= 0.6 is 15.9 Å². The van der Waals surface area contributed by atoms with Gasteiger partial charge in [0, 0.05) is 34.2 Å². The lowest BCUT2D eigenvalue weighted by Gasteiger charge is -2.00. The van der Waals surface area contributed by atoms with Gasteiger partial charge in [-0.2, -0.15) is 0 Å². The van der Waals surface area contributed by atoms with Crippen LogP contribution in [0.15, 0.2) is 45.9 Å². The SMILES string of the molecule is O=c1cccc(-c2cncc(Br)c2)[nH]1. The molecule has 2 heterocycles. The third-order valence-corrected chi connectivity index (χ3v) is 2.22. The summed E-state index contributed by atoms with van der Waals surface area (Å²) < 4.78 is 0.889. The summed E-state index contributed by atoms with van der Waals surface area (Å²) >= 11 is 3.32. The molecule has 0 aliphatic rings. The molecule has 0 fully saturated rings. The number of aromatic amines is 1. The van der Waals surface area contributed by atoms with Crippen molar-refractivity contribution < 1.29 is 0 Å². The van der Waals surface area contributed by atoms with Crippen LogP contribution in [-0.2, 0) is 0 Å². The molecule has 4 heteroatoms. The van der Waals surface area contributed by atoms with Crippen LogP contribution in [0.2, 0.25) is 0 Å². The van der Waals surface area contributed by atoms with Gasteiger partial charge in [0.2, 0.25) is 5.56 Å². The van der Waals surface area contributed by atoms with E-state index >= 15 is 0 Å². The molecule has 0 saturated heterocycles. The van der Waals surface area contributed by atoms with Crippen molar-refractivity contribution in [2.75, 3.05) is 0 Å². The van der Waals surface area contributed by atoms with Crippen molar-refractivity contribution >= 4 is 15.9 Å². The summed E-state index contributed by atoms with van der Waals surface area (Å²) in [5, 5.41) is 0. The number of hydrogen-bond acceptors (Lipinski definition) is 2. The lowest BCUT2D eigenvalue weighted by Crippen LogP contribution is -2.03. The molecule has 3 nitrogen and oxygen atoms in total. The van der Waals surface area contributed by atoms with E-state index < -0.39 is 0 Å². The summed E-state index contributed by atoms with van der Waals surface area (Å²) in [6, 6.07) is 6.94. The van der Waals surface area contributed by atoms with E-state index in [4.69, 9.17) is 0 Å². The van der Waals surface area contributed by atoms with Crippen LogP contribution in [0.4, 0.5) is 0 Å². The zero-order chi connectivity index (χ0) is 9.97. The first-order chi connectivity index (χ1) is 6.75. The maximum absolute atomic E-state index is 11.1.